The van der Waals surface area contributed by atoms with E-state index in [1.807, 2.05) is 13.8 Å². The van der Waals surface area contributed by atoms with Gasteiger partial charge in [0.1, 0.15) is 11.4 Å². The number of primary amides is 1. The second kappa shape index (κ2) is 6.47. The molecule has 1 aromatic rings. The first kappa shape index (κ1) is 14.9. The highest BCUT2D eigenvalue weighted by molar-refractivity contribution is 6.03. The normalized spacial score (nSPS) is 8.94. The second-order valence-corrected chi connectivity index (χ2v) is 3.04. The van der Waals surface area contributed by atoms with Crippen LogP contribution in [0.1, 0.15) is 36.7 Å². The molecule has 0 bridgehead atoms. The Morgan fingerprint density at radius 1 is 1.41 bits per heavy atom. The molecule has 17 heavy (non-hydrogen) atoms. The van der Waals surface area contributed by atoms with Crippen LogP contribution in [0.2, 0.25) is 0 Å². The molecule has 0 fully saturated rings. The van der Waals surface area contributed by atoms with Gasteiger partial charge in [-0.25, -0.2) is 0 Å². The molecule has 0 aliphatic rings. The van der Waals surface area contributed by atoms with Gasteiger partial charge in [0.25, 0.3) is 11.5 Å². The number of rotatable bonds is 3. The largest absolute Gasteiger partial charge is 0.374 e. The zero-order valence-corrected chi connectivity index (χ0v) is 10.5. The van der Waals surface area contributed by atoms with Gasteiger partial charge in [-0.05, 0) is 13.0 Å². The first-order valence-electron chi connectivity index (χ1n) is 5.27. The number of aromatic nitrogens is 1. The van der Waals surface area contributed by atoms with Gasteiger partial charge in [0, 0.05) is 18.3 Å². The summed E-state index contributed by atoms with van der Waals surface area (Å²) in [7, 11) is 1.61. The van der Waals surface area contributed by atoms with Crippen molar-refractivity contribution >= 4 is 17.4 Å². The molecule has 0 aliphatic carbocycles. The van der Waals surface area contributed by atoms with Crippen LogP contribution in [0.15, 0.2) is 10.9 Å². The van der Waals surface area contributed by atoms with Crippen molar-refractivity contribution in [1.82, 2.24) is 4.98 Å². The number of aromatic amines is 1. The van der Waals surface area contributed by atoms with Gasteiger partial charge in [-0.3, -0.25) is 9.59 Å². The quantitative estimate of drug-likeness (QED) is 0.587. The van der Waals surface area contributed by atoms with Gasteiger partial charge < -0.3 is 21.4 Å². The Hall–Kier alpha value is -2.11. The molecule has 0 radical (unpaired) electrons. The first-order chi connectivity index (χ1) is 7.97. The standard InChI is InChI=1S/C9H12N4O2.C2H6/c1-4(10)5-3-6(7(11)14)9(15)13-8(5)12-2;1-2/h3,10H,1-2H3,(H2,11,14)(H2,12,13,15);1-2H3. The average molecular weight is 238 g/mol. The van der Waals surface area contributed by atoms with E-state index >= 15 is 0 Å². The highest BCUT2D eigenvalue weighted by atomic mass is 16.2. The van der Waals surface area contributed by atoms with Crippen molar-refractivity contribution in [2.45, 2.75) is 20.8 Å². The summed E-state index contributed by atoms with van der Waals surface area (Å²) in [5.41, 5.74) is 5.01. The lowest BCUT2D eigenvalue weighted by atomic mass is 10.1. The third kappa shape index (κ3) is 3.44. The van der Waals surface area contributed by atoms with Crippen molar-refractivity contribution in [2.24, 2.45) is 5.73 Å². The summed E-state index contributed by atoms with van der Waals surface area (Å²) in [5, 5.41) is 10.2. The van der Waals surface area contributed by atoms with E-state index in [1.54, 1.807) is 14.0 Å². The van der Waals surface area contributed by atoms with Crippen LogP contribution in [0, 0.1) is 5.41 Å². The van der Waals surface area contributed by atoms with E-state index in [9.17, 15) is 9.59 Å². The Balaban J connectivity index is 0.00000121. The lowest BCUT2D eigenvalue weighted by molar-refractivity contribution is 0.0999. The van der Waals surface area contributed by atoms with Crippen LogP contribution in [0.4, 0.5) is 5.82 Å². The van der Waals surface area contributed by atoms with E-state index < -0.39 is 11.5 Å². The van der Waals surface area contributed by atoms with Crippen molar-refractivity contribution in [1.29, 1.82) is 5.41 Å². The molecule has 1 rings (SSSR count). The maximum absolute atomic E-state index is 11.3. The summed E-state index contributed by atoms with van der Waals surface area (Å²) in [6.07, 6.45) is 0. The fourth-order valence-electron chi connectivity index (χ4n) is 1.21. The topological polar surface area (TPSA) is 112 Å². The number of carbonyl (C=O) groups is 1. The molecular formula is C11H18N4O2. The minimum absolute atomic E-state index is 0.143. The lowest BCUT2D eigenvalue weighted by Gasteiger charge is -2.08. The predicted octanol–water partition coefficient (Wildman–Crippen LogP) is 0.929. The van der Waals surface area contributed by atoms with E-state index in [1.165, 1.54) is 6.07 Å². The molecule has 0 unspecified atom stereocenters. The van der Waals surface area contributed by atoms with Gasteiger partial charge in [-0.15, -0.1) is 0 Å². The third-order valence-electron chi connectivity index (χ3n) is 1.96. The lowest BCUT2D eigenvalue weighted by Crippen LogP contribution is -2.25. The minimum Gasteiger partial charge on any atom is -0.374 e. The number of nitrogens with two attached hydrogens (primary N) is 1. The van der Waals surface area contributed by atoms with Gasteiger partial charge in [-0.2, -0.15) is 0 Å². The number of anilines is 1. The van der Waals surface area contributed by atoms with Gasteiger partial charge >= 0.3 is 0 Å². The van der Waals surface area contributed by atoms with E-state index in [4.69, 9.17) is 11.1 Å². The maximum Gasteiger partial charge on any atom is 0.262 e. The first-order valence-corrected chi connectivity index (χ1v) is 5.27. The third-order valence-corrected chi connectivity index (χ3v) is 1.96. The summed E-state index contributed by atoms with van der Waals surface area (Å²) in [4.78, 5) is 24.7. The minimum atomic E-state index is -0.804. The van der Waals surface area contributed by atoms with Crippen LogP contribution in [0.5, 0.6) is 0 Å². The Bertz CT molecular complexity index is 477. The highest BCUT2D eigenvalue weighted by Gasteiger charge is 2.12. The number of nitrogens with one attached hydrogen (secondary N) is 3. The van der Waals surface area contributed by atoms with Gasteiger partial charge in [0.05, 0.1) is 0 Å². The number of amides is 1. The van der Waals surface area contributed by atoms with Crippen LogP contribution >= 0.6 is 0 Å². The van der Waals surface area contributed by atoms with Crippen LogP contribution in [-0.4, -0.2) is 23.7 Å². The van der Waals surface area contributed by atoms with Crippen LogP contribution < -0.4 is 16.6 Å². The molecular weight excluding hydrogens is 220 g/mol. The summed E-state index contributed by atoms with van der Waals surface area (Å²) >= 11 is 0. The molecule has 1 amide bonds. The van der Waals surface area contributed by atoms with E-state index in [0.29, 0.717) is 11.4 Å². The number of hydrogen-bond donors (Lipinski definition) is 4. The van der Waals surface area contributed by atoms with Crippen molar-refractivity contribution < 1.29 is 4.79 Å². The fraction of sp³-hybridized carbons (Fsp3) is 0.364. The fourth-order valence-corrected chi connectivity index (χ4v) is 1.21. The molecule has 0 saturated carbocycles. The van der Waals surface area contributed by atoms with Gasteiger partial charge in [0.15, 0.2) is 0 Å². The zero-order chi connectivity index (χ0) is 13.6. The van der Waals surface area contributed by atoms with E-state index in [2.05, 4.69) is 10.3 Å². The molecule has 0 atom stereocenters. The van der Waals surface area contributed by atoms with Crippen LogP contribution in [-0.2, 0) is 0 Å². The van der Waals surface area contributed by atoms with Crippen molar-refractivity contribution in [3.05, 3.63) is 27.5 Å². The Morgan fingerprint density at radius 3 is 2.29 bits per heavy atom. The smallest absolute Gasteiger partial charge is 0.262 e. The molecule has 0 aromatic carbocycles. The molecule has 94 valence electrons. The van der Waals surface area contributed by atoms with Crippen molar-refractivity contribution in [3.8, 4) is 0 Å². The van der Waals surface area contributed by atoms with Crippen molar-refractivity contribution in [2.75, 3.05) is 12.4 Å². The van der Waals surface area contributed by atoms with E-state index in [0.717, 1.165) is 0 Å². The molecule has 1 aromatic heterocycles. The SMILES string of the molecule is CC.CNc1[nH]c(=O)c(C(N)=O)cc1C(C)=N. The predicted molar refractivity (Wildman–Crippen MR) is 69.0 cm³/mol. The summed E-state index contributed by atoms with van der Waals surface area (Å²) in [6, 6.07) is 1.31. The van der Waals surface area contributed by atoms with Crippen LogP contribution in [0.3, 0.4) is 0 Å². The molecule has 1 heterocycles. The number of carbonyl (C=O) groups excluding carboxylic acids is 1. The molecule has 5 N–H and O–H groups in total. The number of hydrogen-bond acceptors (Lipinski definition) is 4. The average Bonchev–Trinajstić information content (AvgIpc) is 2.30. The summed E-state index contributed by atoms with van der Waals surface area (Å²) < 4.78 is 0. The number of H-pyrrole nitrogens is 1. The Labute approximate surface area is 99.7 Å². The maximum atomic E-state index is 11.3. The molecule has 6 nitrogen and oxygen atoms in total. The van der Waals surface area contributed by atoms with E-state index in [-0.39, 0.29) is 11.3 Å². The molecule has 0 saturated heterocycles. The molecule has 0 spiro atoms. The summed E-state index contributed by atoms with van der Waals surface area (Å²) in [6.45, 7) is 5.55. The van der Waals surface area contributed by atoms with Crippen molar-refractivity contribution in [3.63, 3.8) is 0 Å². The summed E-state index contributed by atoms with van der Waals surface area (Å²) in [5.74, 6) is -0.404. The Morgan fingerprint density at radius 2 is 1.94 bits per heavy atom. The Kier molecular flexibility index (Phi) is 5.66. The monoisotopic (exact) mass is 238 g/mol. The highest BCUT2D eigenvalue weighted by Crippen LogP contribution is 2.11. The van der Waals surface area contributed by atoms with Gasteiger partial charge in [-0.1, -0.05) is 13.8 Å². The second-order valence-electron chi connectivity index (χ2n) is 3.04. The zero-order valence-electron chi connectivity index (χ0n) is 10.5. The molecule has 6 heteroatoms. The van der Waals surface area contributed by atoms with Crippen LogP contribution in [0.25, 0.3) is 0 Å². The van der Waals surface area contributed by atoms with Gasteiger partial charge in [0.2, 0.25) is 0 Å². The number of pyridine rings is 1. The molecule has 0 aliphatic heterocycles.